The Labute approximate surface area is 127 Å². The largest absolute Gasteiger partial charge is 0.302 e. The van der Waals surface area contributed by atoms with Crippen LogP contribution in [0.4, 0.5) is 0 Å². The van der Waals surface area contributed by atoms with Crippen LogP contribution in [0.2, 0.25) is 0 Å². The monoisotopic (exact) mass is 289 g/mol. The Morgan fingerprint density at radius 3 is 2.43 bits per heavy atom. The van der Waals surface area contributed by atoms with Gasteiger partial charge in [0.25, 0.3) is 0 Å². The van der Waals surface area contributed by atoms with Gasteiger partial charge in [0.2, 0.25) is 5.91 Å². The predicted molar refractivity (Wildman–Crippen MR) is 85.4 cm³/mol. The number of benzene rings is 1. The highest BCUT2D eigenvalue weighted by Gasteiger charge is 2.15. The van der Waals surface area contributed by atoms with Gasteiger partial charge in [-0.3, -0.25) is 10.2 Å². The molecular weight excluding hydrogens is 262 g/mol. The molecule has 4 nitrogen and oxygen atoms in total. The first-order chi connectivity index (χ1) is 10.2. The van der Waals surface area contributed by atoms with E-state index in [1.807, 2.05) is 12.1 Å². The van der Waals surface area contributed by atoms with Gasteiger partial charge in [0.1, 0.15) is 0 Å². The first-order valence-electron chi connectivity index (χ1n) is 7.93. The second-order valence-electron chi connectivity index (χ2n) is 6.26. The van der Waals surface area contributed by atoms with Gasteiger partial charge in [0, 0.05) is 13.1 Å². The van der Waals surface area contributed by atoms with Crippen LogP contribution in [0.3, 0.4) is 0 Å². The van der Waals surface area contributed by atoms with Gasteiger partial charge in [0.15, 0.2) is 0 Å². The van der Waals surface area contributed by atoms with Crippen molar-refractivity contribution >= 4 is 5.91 Å². The van der Waals surface area contributed by atoms with Crippen molar-refractivity contribution in [3.8, 4) is 0 Å². The van der Waals surface area contributed by atoms with Crippen LogP contribution in [0.15, 0.2) is 24.3 Å². The van der Waals surface area contributed by atoms with E-state index in [1.54, 1.807) is 0 Å². The molecule has 0 heterocycles. The fourth-order valence-corrected chi connectivity index (χ4v) is 3.19. The predicted octanol–water partition coefficient (Wildman–Crippen LogP) is 2.23. The van der Waals surface area contributed by atoms with Crippen molar-refractivity contribution in [3.63, 3.8) is 0 Å². The molecule has 21 heavy (non-hydrogen) atoms. The zero-order valence-corrected chi connectivity index (χ0v) is 13.0. The van der Waals surface area contributed by atoms with E-state index >= 15 is 0 Å². The summed E-state index contributed by atoms with van der Waals surface area (Å²) in [5.74, 6) is 5.81. The topological polar surface area (TPSA) is 58.4 Å². The molecule has 0 radical (unpaired) electrons. The number of nitrogens with two attached hydrogens (primary N) is 1. The van der Waals surface area contributed by atoms with Crippen molar-refractivity contribution in [2.24, 2.45) is 11.8 Å². The fraction of sp³-hybridized carbons (Fsp3) is 0.588. The van der Waals surface area contributed by atoms with Gasteiger partial charge in [0.05, 0.1) is 6.42 Å². The smallest absolute Gasteiger partial charge is 0.238 e. The molecule has 116 valence electrons. The Morgan fingerprint density at radius 2 is 1.81 bits per heavy atom. The Morgan fingerprint density at radius 1 is 1.19 bits per heavy atom. The van der Waals surface area contributed by atoms with Crippen molar-refractivity contribution < 1.29 is 4.79 Å². The summed E-state index contributed by atoms with van der Waals surface area (Å²) in [5, 5.41) is 0. The van der Waals surface area contributed by atoms with Crippen molar-refractivity contribution in [1.29, 1.82) is 0 Å². The molecule has 0 saturated heterocycles. The molecule has 1 aliphatic carbocycles. The average molecular weight is 289 g/mol. The number of amides is 1. The minimum Gasteiger partial charge on any atom is -0.302 e. The molecule has 0 spiro atoms. The number of nitrogens with zero attached hydrogens (tertiary/aromatic N) is 1. The standard InChI is InChI=1S/C17H27N3O/c1-20(12-15-5-3-2-4-6-15)13-16-9-7-14(8-10-16)11-17(21)19-18/h7-10,15H,2-6,11-13,18H2,1H3,(H,19,21). The van der Waals surface area contributed by atoms with E-state index in [1.165, 1.54) is 44.2 Å². The zero-order chi connectivity index (χ0) is 15.1. The normalized spacial score (nSPS) is 16.1. The summed E-state index contributed by atoms with van der Waals surface area (Å²) >= 11 is 0. The van der Waals surface area contributed by atoms with Gasteiger partial charge in [-0.2, -0.15) is 0 Å². The lowest BCUT2D eigenvalue weighted by atomic mass is 9.89. The third-order valence-electron chi connectivity index (χ3n) is 4.30. The first-order valence-corrected chi connectivity index (χ1v) is 7.93. The maximum absolute atomic E-state index is 11.2. The molecule has 2 rings (SSSR count). The number of nitrogens with one attached hydrogen (secondary N) is 1. The van der Waals surface area contributed by atoms with Crippen molar-refractivity contribution in [2.45, 2.75) is 45.1 Å². The SMILES string of the molecule is CN(Cc1ccc(CC(=O)NN)cc1)CC1CCCCC1. The molecule has 0 unspecified atom stereocenters. The number of rotatable bonds is 6. The lowest BCUT2D eigenvalue weighted by molar-refractivity contribution is -0.120. The van der Waals surface area contributed by atoms with Gasteiger partial charge < -0.3 is 4.90 Å². The molecule has 1 saturated carbocycles. The highest BCUT2D eigenvalue weighted by Crippen LogP contribution is 2.24. The molecule has 0 bridgehead atoms. The second kappa shape index (κ2) is 8.15. The van der Waals surface area contributed by atoms with E-state index in [9.17, 15) is 4.79 Å². The molecule has 1 amide bonds. The maximum atomic E-state index is 11.2. The summed E-state index contributed by atoms with van der Waals surface area (Å²) in [6.45, 7) is 2.16. The summed E-state index contributed by atoms with van der Waals surface area (Å²) < 4.78 is 0. The van der Waals surface area contributed by atoms with E-state index in [0.717, 1.165) is 18.0 Å². The van der Waals surface area contributed by atoms with Gasteiger partial charge in [-0.15, -0.1) is 0 Å². The van der Waals surface area contributed by atoms with Crippen molar-refractivity contribution in [2.75, 3.05) is 13.6 Å². The summed E-state index contributed by atoms with van der Waals surface area (Å²) in [4.78, 5) is 13.6. The average Bonchev–Trinajstić information content (AvgIpc) is 2.50. The summed E-state index contributed by atoms with van der Waals surface area (Å²) in [5.41, 5.74) is 4.45. The number of hydrogen-bond acceptors (Lipinski definition) is 3. The first kappa shape index (κ1) is 16.0. The van der Waals surface area contributed by atoms with Crippen LogP contribution in [0, 0.1) is 5.92 Å². The van der Waals surface area contributed by atoms with Gasteiger partial charge >= 0.3 is 0 Å². The minimum absolute atomic E-state index is 0.155. The highest BCUT2D eigenvalue weighted by molar-refractivity contribution is 5.77. The summed E-state index contributed by atoms with van der Waals surface area (Å²) in [7, 11) is 2.20. The van der Waals surface area contributed by atoms with Crippen LogP contribution in [-0.2, 0) is 17.8 Å². The Bertz CT molecular complexity index is 438. The molecule has 3 N–H and O–H groups in total. The highest BCUT2D eigenvalue weighted by atomic mass is 16.2. The van der Waals surface area contributed by atoms with Crippen LogP contribution in [0.5, 0.6) is 0 Å². The summed E-state index contributed by atoms with van der Waals surface area (Å²) in [6, 6.07) is 8.24. The molecule has 0 aliphatic heterocycles. The Balaban J connectivity index is 1.80. The molecule has 0 atom stereocenters. The number of hydrazine groups is 1. The van der Waals surface area contributed by atoms with Crippen LogP contribution >= 0.6 is 0 Å². The molecule has 1 fully saturated rings. The van der Waals surface area contributed by atoms with Gasteiger partial charge in [-0.1, -0.05) is 43.5 Å². The number of carbonyl (C=O) groups excluding carboxylic acids is 1. The third-order valence-corrected chi connectivity index (χ3v) is 4.30. The number of hydrogen-bond donors (Lipinski definition) is 2. The van der Waals surface area contributed by atoms with Gasteiger partial charge in [-0.25, -0.2) is 5.84 Å². The van der Waals surface area contributed by atoms with E-state index in [4.69, 9.17) is 5.84 Å². The Hall–Kier alpha value is -1.39. The molecule has 1 aromatic carbocycles. The van der Waals surface area contributed by atoms with Gasteiger partial charge in [-0.05, 0) is 36.9 Å². The molecule has 1 aliphatic rings. The van der Waals surface area contributed by atoms with E-state index in [2.05, 4.69) is 29.5 Å². The molecule has 0 aromatic heterocycles. The molecular formula is C17H27N3O. The number of carbonyl (C=O) groups is 1. The summed E-state index contributed by atoms with van der Waals surface area (Å²) in [6.07, 6.45) is 7.33. The van der Waals surface area contributed by atoms with E-state index in [0.29, 0.717) is 6.42 Å². The van der Waals surface area contributed by atoms with Crippen LogP contribution in [0.1, 0.15) is 43.2 Å². The molecule has 4 heteroatoms. The van der Waals surface area contributed by atoms with Crippen LogP contribution in [0.25, 0.3) is 0 Å². The second-order valence-corrected chi connectivity index (χ2v) is 6.26. The third kappa shape index (κ3) is 5.48. The quantitative estimate of drug-likeness (QED) is 0.480. The van der Waals surface area contributed by atoms with Crippen molar-refractivity contribution in [1.82, 2.24) is 10.3 Å². The van der Waals surface area contributed by atoms with Crippen LogP contribution in [-0.4, -0.2) is 24.4 Å². The lowest BCUT2D eigenvalue weighted by Crippen LogP contribution is -2.31. The Kier molecular flexibility index (Phi) is 6.21. The fourth-order valence-electron chi connectivity index (χ4n) is 3.19. The van der Waals surface area contributed by atoms with E-state index in [-0.39, 0.29) is 5.91 Å². The van der Waals surface area contributed by atoms with E-state index < -0.39 is 0 Å². The lowest BCUT2D eigenvalue weighted by Gasteiger charge is -2.27. The van der Waals surface area contributed by atoms with Crippen molar-refractivity contribution in [3.05, 3.63) is 35.4 Å². The van der Waals surface area contributed by atoms with Crippen LogP contribution < -0.4 is 11.3 Å². The zero-order valence-electron chi connectivity index (χ0n) is 13.0. The molecule has 1 aromatic rings. The minimum atomic E-state index is -0.155. The maximum Gasteiger partial charge on any atom is 0.238 e.